The summed E-state index contributed by atoms with van der Waals surface area (Å²) in [5.74, 6) is -0.444. The summed E-state index contributed by atoms with van der Waals surface area (Å²) in [5, 5.41) is 10.2. The van der Waals surface area contributed by atoms with Crippen molar-refractivity contribution in [3.05, 3.63) is 75.2 Å². The Hall–Kier alpha value is -2.68. The number of aliphatic carboxylic acids is 1. The molecule has 0 aliphatic carbocycles. The van der Waals surface area contributed by atoms with Crippen LogP contribution in [0.15, 0.2) is 53.6 Å². The number of carbonyl (C=O) groups excluding carboxylic acids is 1. The van der Waals surface area contributed by atoms with Crippen LogP contribution in [0.1, 0.15) is 64.0 Å². The molecule has 0 saturated carbocycles. The highest BCUT2D eigenvalue weighted by atomic mass is 32.2. The van der Waals surface area contributed by atoms with E-state index in [4.69, 9.17) is 4.74 Å². The predicted octanol–water partition coefficient (Wildman–Crippen LogP) is 5.94. The molecule has 0 bridgehead atoms. The van der Waals surface area contributed by atoms with Crippen LogP contribution in [-0.2, 0) is 11.3 Å². The summed E-state index contributed by atoms with van der Waals surface area (Å²) in [4.78, 5) is 29.5. The summed E-state index contributed by atoms with van der Waals surface area (Å²) in [7, 11) is 0. The third kappa shape index (κ3) is 5.68. The van der Waals surface area contributed by atoms with Gasteiger partial charge in [0.2, 0.25) is 0 Å². The van der Waals surface area contributed by atoms with E-state index in [0.717, 1.165) is 40.3 Å². The van der Waals surface area contributed by atoms with E-state index in [9.17, 15) is 14.7 Å². The van der Waals surface area contributed by atoms with Crippen LogP contribution in [0, 0.1) is 6.92 Å². The fourth-order valence-electron chi connectivity index (χ4n) is 3.95. The number of aromatic nitrogens is 1. The Kier molecular flexibility index (Phi) is 7.70. The third-order valence-electron chi connectivity index (χ3n) is 5.90. The van der Waals surface area contributed by atoms with E-state index in [1.165, 1.54) is 18.3 Å². The Balaban J connectivity index is 1.63. The average molecular weight is 497 g/mol. The number of carboxylic acids is 1. The van der Waals surface area contributed by atoms with Crippen LogP contribution >= 0.6 is 23.3 Å². The van der Waals surface area contributed by atoms with Gasteiger partial charge < -0.3 is 9.84 Å². The number of carboxylic acid groups (broad SMARTS) is 1. The van der Waals surface area contributed by atoms with E-state index >= 15 is 0 Å². The van der Waals surface area contributed by atoms with Crippen molar-refractivity contribution < 1.29 is 19.4 Å². The van der Waals surface area contributed by atoms with Crippen LogP contribution in [0.3, 0.4) is 0 Å². The number of Topliss-reactive ketones (excluding diaryl/α,β-unsaturated/α-hetero) is 1. The lowest BCUT2D eigenvalue weighted by atomic mass is 9.93. The van der Waals surface area contributed by atoms with E-state index in [1.54, 1.807) is 18.1 Å². The number of rotatable bonds is 8. The lowest BCUT2D eigenvalue weighted by molar-refractivity contribution is -0.137. The zero-order valence-corrected chi connectivity index (χ0v) is 21.1. The lowest BCUT2D eigenvalue weighted by Gasteiger charge is -2.23. The van der Waals surface area contributed by atoms with Crippen molar-refractivity contribution in [3.63, 3.8) is 0 Å². The number of carbonyl (C=O) groups is 2. The molecule has 1 N–H and O–H groups in total. The Morgan fingerprint density at radius 3 is 2.76 bits per heavy atom. The number of ketones is 1. The van der Waals surface area contributed by atoms with Crippen molar-refractivity contribution in [1.29, 1.82) is 0 Å². The molecular weight excluding hydrogens is 468 g/mol. The van der Waals surface area contributed by atoms with Crippen LogP contribution in [0.2, 0.25) is 0 Å². The number of ether oxygens (including phenoxy) is 1. The first-order chi connectivity index (χ1) is 16.3. The highest BCUT2D eigenvalue weighted by molar-refractivity contribution is 7.97. The molecule has 2 aromatic carbocycles. The molecule has 0 amide bonds. The number of para-hydroxylation sites is 1. The van der Waals surface area contributed by atoms with Crippen molar-refractivity contribution in [1.82, 2.24) is 9.29 Å². The maximum Gasteiger partial charge on any atom is 0.304 e. The van der Waals surface area contributed by atoms with Gasteiger partial charge in [-0.15, -0.1) is 11.3 Å². The van der Waals surface area contributed by atoms with Gasteiger partial charge in [0.05, 0.1) is 16.2 Å². The van der Waals surface area contributed by atoms with Crippen LogP contribution < -0.4 is 4.74 Å². The number of fused-ring (bicyclic) bond motifs is 1. The second kappa shape index (κ2) is 10.7. The maximum absolute atomic E-state index is 11.8. The van der Waals surface area contributed by atoms with Gasteiger partial charge in [-0.05, 0) is 54.1 Å². The highest BCUT2D eigenvalue weighted by Crippen LogP contribution is 2.38. The fourth-order valence-corrected chi connectivity index (χ4v) is 5.96. The molecule has 178 valence electrons. The van der Waals surface area contributed by atoms with E-state index in [1.807, 2.05) is 30.3 Å². The van der Waals surface area contributed by atoms with Crippen LogP contribution in [0.5, 0.6) is 5.75 Å². The van der Waals surface area contributed by atoms with Crippen molar-refractivity contribution in [2.24, 2.45) is 0 Å². The van der Waals surface area contributed by atoms with Gasteiger partial charge in [-0.1, -0.05) is 37.3 Å². The van der Waals surface area contributed by atoms with E-state index in [0.29, 0.717) is 16.4 Å². The minimum Gasteiger partial charge on any atom is -0.488 e. The maximum atomic E-state index is 11.8. The van der Waals surface area contributed by atoms with Gasteiger partial charge >= 0.3 is 5.97 Å². The molecule has 4 rings (SSSR count). The molecule has 2 heterocycles. The molecule has 0 spiro atoms. The molecule has 3 aromatic rings. The minimum absolute atomic E-state index is 0.0615. The monoisotopic (exact) mass is 496 g/mol. The summed E-state index contributed by atoms with van der Waals surface area (Å²) in [6, 6.07) is 14.2. The van der Waals surface area contributed by atoms with Crippen molar-refractivity contribution in [2.75, 3.05) is 6.54 Å². The first-order valence-corrected chi connectivity index (χ1v) is 12.9. The minimum atomic E-state index is -0.894. The normalized spacial score (nSPS) is 16.9. The van der Waals surface area contributed by atoms with E-state index < -0.39 is 11.9 Å². The highest BCUT2D eigenvalue weighted by Gasteiger charge is 2.25. The van der Waals surface area contributed by atoms with Crippen LogP contribution in [-0.4, -0.2) is 38.8 Å². The number of hydrogen-bond donors (Lipinski definition) is 1. The third-order valence-corrected chi connectivity index (χ3v) is 8.18. The SMILES string of the molecule is CC[C@@H]1CN(Cc2cc(C(CC(=O)O)c3ncc(C(C)=O)s3)ccc2C)Sc2ccccc2O1. The Morgan fingerprint density at radius 2 is 2.06 bits per heavy atom. The van der Waals surface area contributed by atoms with Gasteiger partial charge in [-0.25, -0.2) is 9.29 Å². The first-order valence-electron chi connectivity index (χ1n) is 11.3. The molecule has 1 aliphatic rings. The molecule has 34 heavy (non-hydrogen) atoms. The molecule has 1 aliphatic heterocycles. The lowest BCUT2D eigenvalue weighted by Crippen LogP contribution is -2.29. The van der Waals surface area contributed by atoms with E-state index in [-0.39, 0.29) is 18.3 Å². The van der Waals surface area contributed by atoms with Gasteiger partial charge in [-0.2, -0.15) is 0 Å². The van der Waals surface area contributed by atoms with Gasteiger partial charge in [0.1, 0.15) is 16.9 Å². The average Bonchev–Trinajstić information content (AvgIpc) is 3.22. The first kappa shape index (κ1) is 24.4. The van der Waals surface area contributed by atoms with Crippen molar-refractivity contribution >= 4 is 35.0 Å². The molecule has 1 unspecified atom stereocenters. The summed E-state index contributed by atoms with van der Waals surface area (Å²) in [5.41, 5.74) is 3.18. The quantitative estimate of drug-likeness (QED) is 0.305. The second-order valence-corrected chi connectivity index (χ2v) is 10.7. The topological polar surface area (TPSA) is 79.7 Å². The molecule has 8 heteroatoms. The van der Waals surface area contributed by atoms with Crippen molar-refractivity contribution in [2.45, 2.75) is 57.1 Å². The number of aryl methyl sites for hydroxylation is 1. The molecule has 1 aromatic heterocycles. The largest absolute Gasteiger partial charge is 0.488 e. The summed E-state index contributed by atoms with van der Waals surface area (Å²) < 4.78 is 8.54. The van der Waals surface area contributed by atoms with Gasteiger partial charge in [0, 0.05) is 32.1 Å². The van der Waals surface area contributed by atoms with Gasteiger partial charge in [0.15, 0.2) is 5.78 Å². The smallest absolute Gasteiger partial charge is 0.304 e. The predicted molar refractivity (Wildman–Crippen MR) is 135 cm³/mol. The number of benzene rings is 2. The Labute approximate surface area is 208 Å². The zero-order valence-electron chi connectivity index (χ0n) is 19.5. The van der Waals surface area contributed by atoms with Crippen molar-refractivity contribution in [3.8, 4) is 5.75 Å². The molecular formula is C26H28N2O4S2. The second-order valence-electron chi connectivity index (χ2n) is 8.46. The summed E-state index contributed by atoms with van der Waals surface area (Å²) in [6.07, 6.45) is 2.47. The molecule has 0 radical (unpaired) electrons. The standard InChI is InChI=1S/C26H28N2O4S2/c1-4-20-15-28(34-23-8-6-5-7-22(23)32-20)14-19-11-18(10-9-16(19)2)21(12-25(30)31)26-27-13-24(33-26)17(3)29/h5-11,13,20-21H,4,12,14-15H2,1-3H3,(H,30,31)/t20-,21?/m1/s1. The van der Waals surface area contributed by atoms with Crippen LogP contribution in [0.25, 0.3) is 0 Å². The zero-order chi connectivity index (χ0) is 24.2. The van der Waals surface area contributed by atoms with Gasteiger partial charge in [0.25, 0.3) is 0 Å². The Bertz CT molecular complexity index is 1190. The van der Waals surface area contributed by atoms with Crippen LogP contribution in [0.4, 0.5) is 0 Å². The number of hydrogen-bond acceptors (Lipinski definition) is 7. The summed E-state index contributed by atoms with van der Waals surface area (Å²) >= 11 is 2.97. The van der Waals surface area contributed by atoms with Gasteiger partial charge in [-0.3, -0.25) is 9.59 Å². The summed E-state index contributed by atoms with van der Waals surface area (Å²) in [6.45, 7) is 7.19. The number of nitrogens with zero attached hydrogens (tertiary/aromatic N) is 2. The number of thiazole rings is 1. The Morgan fingerprint density at radius 1 is 1.26 bits per heavy atom. The molecule has 0 fully saturated rings. The molecule has 6 nitrogen and oxygen atoms in total. The molecule has 2 atom stereocenters. The van der Waals surface area contributed by atoms with E-state index in [2.05, 4.69) is 35.3 Å². The fraction of sp³-hybridized carbons (Fsp3) is 0.346. The molecule has 0 saturated heterocycles.